The Morgan fingerprint density at radius 1 is 1.50 bits per heavy atom. The van der Waals surface area contributed by atoms with E-state index in [2.05, 4.69) is 15.9 Å². The molecule has 1 aromatic carbocycles. The van der Waals surface area contributed by atoms with E-state index in [1.165, 1.54) is 0 Å². The molecule has 0 atom stereocenters. The molecule has 0 bridgehead atoms. The zero-order valence-electron chi connectivity index (χ0n) is 6.13. The number of halogens is 1. The topological polar surface area (TPSA) is 28.7 Å². The van der Waals surface area contributed by atoms with Crippen LogP contribution in [0, 0.1) is 12.3 Å². The Kier molecular flexibility index (Phi) is 1.53. The summed E-state index contributed by atoms with van der Waals surface area (Å²) in [7, 11) is 0. The van der Waals surface area contributed by atoms with Gasteiger partial charge in [0.05, 0.1) is 11.0 Å². The van der Waals surface area contributed by atoms with Gasteiger partial charge in [-0.2, -0.15) is 0 Å². The van der Waals surface area contributed by atoms with E-state index >= 15 is 0 Å². The Bertz CT molecular complexity index is 465. The van der Waals surface area contributed by atoms with E-state index in [1.54, 1.807) is 0 Å². The van der Waals surface area contributed by atoms with Crippen molar-refractivity contribution in [2.45, 2.75) is 0 Å². The fraction of sp³-hybridized carbons (Fsp3) is 0. The smallest absolute Gasteiger partial charge is 0.201 e. The number of nitrogens with zero attached hydrogens (tertiary/aromatic N) is 1. The van der Waals surface area contributed by atoms with E-state index in [1.807, 2.05) is 18.2 Å². The third-order valence-electron chi connectivity index (χ3n) is 1.62. The first-order valence-corrected chi connectivity index (χ1v) is 3.79. The number of benzene rings is 1. The summed E-state index contributed by atoms with van der Waals surface area (Å²) in [6, 6.07) is 5.53. The number of hydrogen-bond acceptors (Lipinski definition) is 1. The van der Waals surface area contributed by atoms with Crippen LogP contribution in [0.2, 0.25) is 5.28 Å². The molecule has 0 saturated carbocycles. The standard InChI is InChI=1S/C9H5ClN2/c1-2-6-3-4-7-8(5-6)12-9(10)11-7/h1,3-5H,(H,11,12). The van der Waals surface area contributed by atoms with Gasteiger partial charge in [-0.25, -0.2) is 4.98 Å². The van der Waals surface area contributed by atoms with Crippen molar-refractivity contribution < 1.29 is 0 Å². The molecule has 0 unspecified atom stereocenters. The second-order valence-electron chi connectivity index (χ2n) is 2.40. The van der Waals surface area contributed by atoms with Crippen LogP contribution in [-0.4, -0.2) is 9.97 Å². The summed E-state index contributed by atoms with van der Waals surface area (Å²) in [6.45, 7) is 0. The number of fused-ring (bicyclic) bond motifs is 1. The van der Waals surface area contributed by atoms with Crippen LogP contribution in [0.5, 0.6) is 0 Å². The Hall–Kier alpha value is -1.46. The third kappa shape index (κ3) is 1.05. The van der Waals surface area contributed by atoms with Crippen molar-refractivity contribution >= 4 is 22.6 Å². The fourth-order valence-corrected chi connectivity index (χ4v) is 1.26. The molecule has 3 heteroatoms. The molecule has 0 fully saturated rings. The average Bonchev–Trinajstić information content (AvgIpc) is 2.43. The molecule has 0 aliphatic rings. The van der Waals surface area contributed by atoms with E-state index < -0.39 is 0 Å². The van der Waals surface area contributed by atoms with E-state index in [-0.39, 0.29) is 0 Å². The number of aromatic amines is 1. The monoisotopic (exact) mass is 176 g/mol. The summed E-state index contributed by atoms with van der Waals surface area (Å²) < 4.78 is 0. The number of hydrogen-bond donors (Lipinski definition) is 1. The van der Waals surface area contributed by atoms with Crippen LogP contribution in [0.15, 0.2) is 18.2 Å². The summed E-state index contributed by atoms with van der Waals surface area (Å²) in [5, 5.41) is 0.388. The van der Waals surface area contributed by atoms with Crippen LogP contribution < -0.4 is 0 Å². The van der Waals surface area contributed by atoms with Gasteiger partial charge in [0.2, 0.25) is 5.28 Å². The minimum absolute atomic E-state index is 0.388. The van der Waals surface area contributed by atoms with E-state index in [0.717, 1.165) is 16.6 Å². The van der Waals surface area contributed by atoms with Crippen molar-refractivity contribution in [2.24, 2.45) is 0 Å². The van der Waals surface area contributed by atoms with Gasteiger partial charge in [-0.3, -0.25) is 0 Å². The highest BCUT2D eigenvalue weighted by molar-refractivity contribution is 6.29. The molecule has 0 saturated heterocycles. The minimum Gasteiger partial charge on any atom is -0.329 e. The van der Waals surface area contributed by atoms with Crippen LogP contribution >= 0.6 is 11.6 Å². The minimum atomic E-state index is 0.388. The van der Waals surface area contributed by atoms with Gasteiger partial charge >= 0.3 is 0 Å². The van der Waals surface area contributed by atoms with Crippen LogP contribution in [-0.2, 0) is 0 Å². The predicted octanol–water partition coefficient (Wildman–Crippen LogP) is 2.20. The number of imidazole rings is 1. The molecule has 58 valence electrons. The van der Waals surface area contributed by atoms with Crippen molar-refractivity contribution in [1.29, 1.82) is 0 Å². The Balaban J connectivity index is 2.77. The van der Waals surface area contributed by atoms with Crippen molar-refractivity contribution in [3.63, 3.8) is 0 Å². The maximum atomic E-state index is 5.66. The highest BCUT2D eigenvalue weighted by Gasteiger charge is 1.99. The zero-order valence-corrected chi connectivity index (χ0v) is 6.89. The van der Waals surface area contributed by atoms with Crippen molar-refractivity contribution in [1.82, 2.24) is 9.97 Å². The van der Waals surface area contributed by atoms with Gasteiger partial charge in [0.25, 0.3) is 0 Å². The first-order chi connectivity index (χ1) is 5.79. The summed E-state index contributed by atoms with van der Waals surface area (Å²) in [5.74, 6) is 2.53. The molecular formula is C9H5ClN2. The van der Waals surface area contributed by atoms with Gasteiger partial charge in [0.1, 0.15) is 0 Å². The highest BCUT2D eigenvalue weighted by Crippen LogP contribution is 2.15. The van der Waals surface area contributed by atoms with Crippen LogP contribution in [0.1, 0.15) is 5.56 Å². The van der Waals surface area contributed by atoms with Crippen LogP contribution in [0.3, 0.4) is 0 Å². The Labute approximate surface area is 74.6 Å². The first kappa shape index (κ1) is 7.20. The van der Waals surface area contributed by atoms with Gasteiger partial charge < -0.3 is 4.98 Å². The normalized spacial score (nSPS) is 10.0. The maximum Gasteiger partial charge on any atom is 0.201 e. The van der Waals surface area contributed by atoms with Crippen LogP contribution in [0.4, 0.5) is 0 Å². The predicted molar refractivity (Wildman–Crippen MR) is 49.0 cm³/mol. The number of H-pyrrole nitrogens is 1. The molecule has 2 rings (SSSR count). The molecule has 1 N–H and O–H groups in total. The fourth-order valence-electron chi connectivity index (χ4n) is 1.06. The molecule has 2 aromatic rings. The Morgan fingerprint density at radius 3 is 3.08 bits per heavy atom. The molecule has 2 nitrogen and oxygen atoms in total. The molecule has 1 aromatic heterocycles. The van der Waals surface area contributed by atoms with E-state index in [9.17, 15) is 0 Å². The second kappa shape index (κ2) is 2.54. The summed E-state index contributed by atoms with van der Waals surface area (Å²) in [5.41, 5.74) is 2.51. The van der Waals surface area contributed by atoms with Crippen molar-refractivity contribution in [3.8, 4) is 12.3 Å². The first-order valence-electron chi connectivity index (χ1n) is 3.41. The lowest BCUT2D eigenvalue weighted by atomic mass is 10.2. The maximum absolute atomic E-state index is 5.66. The molecule has 0 aliphatic heterocycles. The Morgan fingerprint density at radius 2 is 2.33 bits per heavy atom. The SMILES string of the molecule is C#Cc1ccc2[nH]c(Cl)nc2c1. The van der Waals surface area contributed by atoms with E-state index in [4.69, 9.17) is 18.0 Å². The summed E-state index contributed by atoms with van der Waals surface area (Å²) in [4.78, 5) is 6.93. The van der Waals surface area contributed by atoms with Gasteiger partial charge in [0.15, 0.2) is 0 Å². The molecule has 0 aliphatic carbocycles. The lowest BCUT2D eigenvalue weighted by molar-refractivity contribution is 1.34. The summed E-state index contributed by atoms with van der Waals surface area (Å²) >= 11 is 5.66. The number of aromatic nitrogens is 2. The molecule has 0 spiro atoms. The average molecular weight is 177 g/mol. The molecule has 1 heterocycles. The zero-order chi connectivity index (χ0) is 8.55. The largest absolute Gasteiger partial charge is 0.329 e. The highest BCUT2D eigenvalue weighted by atomic mass is 35.5. The van der Waals surface area contributed by atoms with Crippen molar-refractivity contribution in [3.05, 3.63) is 29.0 Å². The molecule has 0 amide bonds. The lowest BCUT2D eigenvalue weighted by Crippen LogP contribution is -1.73. The van der Waals surface area contributed by atoms with Crippen LogP contribution in [0.25, 0.3) is 11.0 Å². The molecule has 12 heavy (non-hydrogen) atoms. The molecular weight excluding hydrogens is 172 g/mol. The van der Waals surface area contributed by atoms with Gasteiger partial charge in [-0.1, -0.05) is 5.92 Å². The summed E-state index contributed by atoms with van der Waals surface area (Å²) in [6.07, 6.45) is 5.23. The number of nitrogens with one attached hydrogen (secondary N) is 1. The van der Waals surface area contributed by atoms with Gasteiger partial charge in [-0.05, 0) is 29.8 Å². The van der Waals surface area contributed by atoms with Gasteiger partial charge in [0, 0.05) is 5.56 Å². The van der Waals surface area contributed by atoms with Gasteiger partial charge in [-0.15, -0.1) is 6.42 Å². The quantitative estimate of drug-likeness (QED) is 0.613. The number of rotatable bonds is 0. The molecule has 0 radical (unpaired) electrons. The second-order valence-corrected chi connectivity index (χ2v) is 2.76. The van der Waals surface area contributed by atoms with E-state index in [0.29, 0.717) is 5.28 Å². The third-order valence-corrected chi connectivity index (χ3v) is 1.80. The lowest BCUT2D eigenvalue weighted by Gasteiger charge is -1.88. The van der Waals surface area contributed by atoms with Crippen molar-refractivity contribution in [2.75, 3.05) is 0 Å². The number of terminal acetylenes is 1.